The number of ether oxygens (including phenoxy) is 1. The maximum Gasteiger partial charge on any atom is 0.158 e. The number of pyridine rings is 1. The Bertz CT molecular complexity index is 592. The molecule has 0 saturated carbocycles. The van der Waals surface area contributed by atoms with E-state index in [1.165, 1.54) is 5.56 Å². The van der Waals surface area contributed by atoms with Crippen LogP contribution in [-0.4, -0.2) is 18.2 Å². The predicted octanol–water partition coefficient (Wildman–Crippen LogP) is 2.69. The molecule has 1 fully saturated rings. The summed E-state index contributed by atoms with van der Waals surface area (Å²) in [5.41, 5.74) is 3.16. The molecule has 4 nitrogen and oxygen atoms in total. The molecule has 3 rings (SSSR count). The van der Waals surface area contributed by atoms with Gasteiger partial charge in [-0.1, -0.05) is 6.07 Å². The zero-order chi connectivity index (χ0) is 13.2. The molecule has 19 heavy (non-hydrogen) atoms. The van der Waals surface area contributed by atoms with Crippen molar-refractivity contribution < 1.29 is 9.57 Å². The number of nitrogens with two attached hydrogens (primary N) is 1. The minimum atomic E-state index is 0.560. The highest BCUT2D eigenvalue weighted by Crippen LogP contribution is 2.32. The minimum Gasteiger partial charge on any atom is -0.411 e. The molecule has 1 saturated heterocycles. The van der Waals surface area contributed by atoms with Crippen molar-refractivity contribution in [3.05, 3.63) is 35.5 Å². The Morgan fingerprint density at radius 2 is 2.05 bits per heavy atom. The Labute approximate surface area is 112 Å². The van der Waals surface area contributed by atoms with Crippen LogP contribution in [0, 0.1) is 6.92 Å². The van der Waals surface area contributed by atoms with Gasteiger partial charge in [-0.2, -0.15) is 5.90 Å². The number of aryl methyl sites for hydroxylation is 1. The summed E-state index contributed by atoms with van der Waals surface area (Å²) in [5.74, 6) is 6.62. The zero-order valence-corrected chi connectivity index (χ0v) is 11.1. The van der Waals surface area contributed by atoms with Gasteiger partial charge in [-0.15, -0.1) is 0 Å². The van der Waals surface area contributed by atoms with E-state index in [2.05, 4.69) is 23.2 Å². The molecule has 0 aliphatic carbocycles. The fraction of sp³-hybridized carbons (Fsp3) is 0.400. The molecule has 2 N–H and O–H groups in total. The molecule has 2 heterocycles. The van der Waals surface area contributed by atoms with Gasteiger partial charge >= 0.3 is 0 Å². The van der Waals surface area contributed by atoms with E-state index in [1.54, 1.807) is 0 Å². The molecular formula is C15H18N2O2. The van der Waals surface area contributed by atoms with Gasteiger partial charge in [0.25, 0.3) is 0 Å². The van der Waals surface area contributed by atoms with E-state index in [-0.39, 0.29) is 0 Å². The van der Waals surface area contributed by atoms with Crippen LogP contribution in [0.3, 0.4) is 0 Å². The van der Waals surface area contributed by atoms with Crippen molar-refractivity contribution >= 4 is 10.9 Å². The van der Waals surface area contributed by atoms with Gasteiger partial charge in [0.05, 0.1) is 5.52 Å². The molecule has 0 bridgehead atoms. The van der Waals surface area contributed by atoms with Crippen molar-refractivity contribution in [2.75, 3.05) is 13.2 Å². The standard InChI is InChI=1S/C15H18N2O2/c1-10-8-15(19-16)13-9-12(2-3-14(13)17-10)11-4-6-18-7-5-11/h2-3,8-9,11H,4-7,16H2,1H3. The van der Waals surface area contributed by atoms with E-state index in [9.17, 15) is 0 Å². The van der Waals surface area contributed by atoms with Crippen molar-refractivity contribution in [2.24, 2.45) is 5.90 Å². The van der Waals surface area contributed by atoms with Gasteiger partial charge in [0.15, 0.2) is 5.75 Å². The van der Waals surface area contributed by atoms with E-state index in [4.69, 9.17) is 15.5 Å². The van der Waals surface area contributed by atoms with Crippen LogP contribution in [0.1, 0.15) is 30.0 Å². The van der Waals surface area contributed by atoms with Crippen LogP contribution >= 0.6 is 0 Å². The molecule has 0 radical (unpaired) electrons. The number of aromatic nitrogens is 1. The van der Waals surface area contributed by atoms with Gasteiger partial charge in [0, 0.05) is 30.4 Å². The van der Waals surface area contributed by atoms with Crippen LogP contribution < -0.4 is 10.7 Å². The number of fused-ring (bicyclic) bond motifs is 1. The Hall–Kier alpha value is -1.65. The molecule has 0 atom stereocenters. The van der Waals surface area contributed by atoms with Crippen molar-refractivity contribution in [1.82, 2.24) is 4.98 Å². The monoisotopic (exact) mass is 258 g/mol. The average Bonchev–Trinajstić information content (AvgIpc) is 2.46. The SMILES string of the molecule is Cc1cc(ON)c2cc(C3CCOCC3)ccc2n1. The van der Waals surface area contributed by atoms with Gasteiger partial charge in [-0.3, -0.25) is 4.98 Å². The van der Waals surface area contributed by atoms with Crippen molar-refractivity contribution in [3.8, 4) is 5.75 Å². The summed E-state index contributed by atoms with van der Waals surface area (Å²) in [6, 6.07) is 8.23. The molecule has 4 heteroatoms. The second kappa shape index (κ2) is 5.15. The first kappa shape index (κ1) is 12.4. The normalized spacial score (nSPS) is 16.7. The average molecular weight is 258 g/mol. The van der Waals surface area contributed by atoms with Crippen molar-refractivity contribution in [2.45, 2.75) is 25.7 Å². The van der Waals surface area contributed by atoms with Gasteiger partial charge in [-0.25, -0.2) is 0 Å². The highest BCUT2D eigenvalue weighted by Gasteiger charge is 2.17. The van der Waals surface area contributed by atoms with E-state index < -0.39 is 0 Å². The summed E-state index contributed by atoms with van der Waals surface area (Å²) in [6.07, 6.45) is 2.15. The lowest BCUT2D eigenvalue weighted by molar-refractivity contribution is 0.0853. The Morgan fingerprint density at radius 3 is 2.79 bits per heavy atom. The fourth-order valence-electron chi connectivity index (χ4n) is 2.72. The lowest BCUT2D eigenvalue weighted by Gasteiger charge is -2.22. The van der Waals surface area contributed by atoms with Crippen LogP contribution in [0.25, 0.3) is 10.9 Å². The smallest absolute Gasteiger partial charge is 0.158 e. The zero-order valence-electron chi connectivity index (χ0n) is 11.1. The first-order valence-electron chi connectivity index (χ1n) is 6.63. The third-order valence-corrected chi connectivity index (χ3v) is 3.74. The van der Waals surface area contributed by atoms with Crippen LogP contribution in [0.15, 0.2) is 24.3 Å². The summed E-state index contributed by atoms with van der Waals surface area (Å²) < 4.78 is 5.41. The van der Waals surface area contributed by atoms with E-state index in [1.807, 2.05) is 13.0 Å². The summed E-state index contributed by atoms with van der Waals surface area (Å²) in [7, 11) is 0. The first-order valence-corrected chi connectivity index (χ1v) is 6.63. The topological polar surface area (TPSA) is 57.4 Å². The molecule has 1 aliphatic heterocycles. The molecular weight excluding hydrogens is 240 g/mol. The summed E-state index contributed by atoms with van der Waals surface area (Å²) >= 11 is 0. The lowest BCUT2D eigenvalue weighted by atomic mass is 9.91. The summed E-state index contributed by atoms with van der Waals surface area (Å²) in [5, 5.41) is 0.983. The van der Waals surface area contributed by atoms with E-state index >= 15 is 0 Å². The first-order chi connectivity index (χ1) is 9.28. The van der Waals surface area contributed by atoms with Crippen LogP contribution in [0.4, 0.5) is 0 Å². The summed E-state index contributed by atoms with van der Waals surface area (Å²) in [6.45, 7) is 3.62. The fourth-order valence-corrected chi connectivity index (χ4v) is 2.72. The predicted molar refractivity (Wildman–Crippen MR) is 74.1 cm³/mol. The van der Waals surface area contributed by atoms with Crippen molar-refractivity contribution in [1.29, 1.82) is 0 Å². The molecule has 0 amide bonds. The largest absolute Gasteiger partial charge is 0.411 e. The van der Waals surface area contributed by atoms with Gasteiger partial charge in [0.2, 0.25) is 0 Å². The van der Waals surface area contributed by atoms with Crippen LogP contribution in [-0.2, 0) is 4.74 Å². The molecule has 1 aromatic heterocycles. The molecule has 2 aromatic rings. The molecule has 0 spiro atoms. The highest BCUT2D eigenvalue weighted by molar-refractivity contribution is 5.86. The van der Waals surface area contributed by atoms with Crippen LogP contribution in [0.2, 0.25) is 0 Å². The van der Waals surface area contributed by atoms with Gasteiger partial charge in [-0.05, 0) is 43.4 Å². The third-order valence-electron chi connectivity index (χ3n) is 3.74. The molecule has 1 aromatic carbocycles. The maximum absolute atomic E-state index is 5.41. The molecule has 1 aliphatic rings. The molecule has 100 valence electrons. The summed E-state index contributed by atoms with van der Waals surface area (Å²) in [4.78, 5) is 9.50. The van der Waals surface area contributed by atoms with E-state index in [0.717, 1.165) is 42.7 Å². The van der Waals surface area contributed by atoms with E-state index in [0.29, 0.717) is 11.7 Å². The number of hydrogen-bond donors (Lipinski definition) is 1. The Balaban J connectivity index is 2.06. The number of hydrogen-bond acceptors (Lipinski definition) is 4. The second-order valence-corrected chi connectivity index (χ2v) is 5.04. The van der Waals surface area contributed by atoms with Gasteiger partial charge in [0.1, 0.15) is 0 Å². The Morgan fingerprint density at radius 1 is 1.26 bits per heavy atom. The lowest BCUT2D eigenvalue weighted by Crippen LogP contribution is -2.14. The number of nitrogens with zero attached hydrogens (tertiary/aromatic N) is 1. The van der Waals surface area contributed by atoms with Crippen LogP contribution in [0.5, 0.6) is 5.75 Å². The number of rotatable bonds is 2. The second-order valence-electron chi connectivity index (χ2n) is 5.04. The quantitative estimate of drug-likeness (QED) is 0.841. The number of benzene rings is 1. The maximum atomic E-state index is 5.41. The molecule has 0 unspecified atom stereocenters. The third kappa shape index (κ3) is 2.41. The Kier molecular flexibility index (Phi) is 3.36. The minimum absolute atomic E-state index is 0.560. The highest BCUT2D eigenvalue weighted by atomic mass is 16.6. The van der Waals surface area contributed by atoms with Gasteiger partial charge < -0.3 is 9.57 Å². The van der Waals surface area contributed by atoms with Crippen molar-refractivity contribution in [3.63, 3.8) is 0 Å².